The molecule has 0 aromatic heterocycles. The third kappa shape index (κ3) is 4.79. The second-order valence-electron chi connectivity index (χ2n) is 4.53. The fourth-order valence-electron chi connectivity index (χ4n) is 1.42. The molecule has 96 valence electrons. The molecule has 0 fully saturated rings. The molecule has 1 aromatic rings. The number of hydrogen-bond acceptors (Lipinski definition) is 2. The van der Waals surface area contributed by atoms with Gasteiger partial charge in [-0.15, -0.1) is 0 Å². The predicted octanol–water partition coefficient (Wildman–Crippen LogP) is 3.03. The van der Waals surface area contributed by atoms with Crippen LogP contribution in [0.1, 0.15) is 31.9 Å². The molecule has 2 N–H and O–H groups in total. The summed E-state index contributed by atoms with van der Waals surface area (Å²) in [5.74, 6) is -0.655. The van der Waals surface area contributed by atoms with E-state index in [1.807, 2.05) is 0 Å². The van der Waals surface area contributed by atoms with E-state index in [-0.39, 0.29) is 12.2 Å². The summed E-state index contributed by atoms with van der Waals surface area (Å²) in [6.07, 6.45) is 0.943. The van der Waals surface area contributed by atoms with Crippen LogP contribution < -0.4 is 5.73 Å². The largest absolute Gasteiger partial charge is 0.379 e. The van der Waals surface area contributed by atoms with Crippen molar-refractivity contribution in [2.75, 3.05) is 13.2 Å². The maximum atomic E-state index is 13.4. The smallest absolute Gasteiger partial charge is 0.130 e. The predicted molar refractivity (Wildman–Crippen MR) is 63.6 cm³/mol. The Kier molecular flexibility index (Phi) is 5.51. The minimum absolute atomic E-state index is 0.245. The SMILES string of the molecule is CC(C)CCOCC(N)c1ccc(F)cc1F. The number of halogens is 2. The molecule has 4 heteroatoms. The zero-order valence-corrected chi connectivity index (χ0v) is 10.2. The minimum atomic E-state index is -0.620. The third-order valence-corrected chi connectivity index (χ3v) is 2.50. The van der Waals surface area contributed by atoms with Gasteiger partial charge in [0, 0.05) is 18.2 Å². The second kappa shape index (κ2) is 6.67. The zero-order chi connectivity index (χ0) is 12.8. The summed E-state index contributed by atoms with van der Waals surface area (Å²) >= 11 is 0. The molecule has 0 aliphatic rings. The Balaban J connectivity index is 2.44. The standard InChI is InChI=1S/C13H19F2NO/c1-9(2)5-6-17-8-13(16)11-4-3-10(14)7-12(11)15/h3-4,7,9,13H,5-6,8,16H2,1-2H3. The van der Waals surface area contributed by atoms with Gasteiger partial charge < -0.3 is 10.5 Å². The Labute approximate surface area is 101 Å². The summed E-state index contributed by atoms with van der Waals surface area (Å²) < 4.78 is 31.4. The van der Waals surface area contributed by atoms with Crippen molar-refractivity contribution in [2.24, 2.45) is 11.7 Å². The first-order chi connectivity index (χ1) is 8.00. The van der Waals surface area contributed by atoms with Gasteiger partial charge in [-0.1, -0.05) is 19.9 Å². The summed E-state index contributed by atoms with van der Waals surface area (Å²) in [4.78, 5) is 0. The Morgan fingerprint density at radius 3 is 2.59 bits per heavy atom. The van der Waals surface area contributed by atoms with Gasteiger partial charge in [-0.25, -0.2) is 8.78 Å². The van der Waals surface area contributed by atoms with Crippen LogP contribution in [0.5, 0.6) is 0 Å². The molecule has 0 saturated carbocycles. The van der Waals surface area contributed by atoms with Crippen LogP contribution in [-0.4, -0.2) is 13.2 Å². The molecule has 0 heterocycles. The Bertz CT molecular complexity index is 355. The highest BCUT2D eigenvalue weighted by Gasteiger charge is 2.12. The summed E-state index contributed by atoms with van der Waals surface area (Å²) in [5.41, 5.74) is 6.06. The maximum absolute atomic E-state index is 13.4. The minimum Gasteiger partial charge on any atom is -0.379 e. The van der Waals surface area contributed by atoms with Gasteiger partial charge in [-0.2, -0.15) is 0 Å². The van der Waals surface area contributed by atoms with Crippen molar-refractivity contribution in [3.8, 4) is 0 Å². The van der Waals surface area contributed by atoms with Crippen molar-refractivity contribution >= 4 is 0 Å². The van der Waals surface area contributed by atoms with E-state index in [2.05, 4.69) is 13.8 Å². The van der Waals surface area contributed by atoms with Crippen LogP contribution in [0.4, 0.5) is 8.78 Å². The first-order valence-corrected chi connectivity index (χ1v) is 5.79. The molecule has 17 heavy (non-hydrogen) atoms. The molecule has 1 unspecified atom stereocenters. The maximum Gasteiger partial charge on any atom is 0.130 e. The molecule has 1 aromatic carbocycles. The summed E-state index contributed by atoms with van der Waals surface area (Å²) in [5, 5.41) is 0. The first kappa shape index (κ1) is 14.1. The number of ether oxygens (including phenoxy) is 1. The van der Waals surface area contributed by atoms with Crippen molar-refractivity contribution in [1.82, 2.24) is 0 Å². The van der Waals surface area contributed by atoms with E-state index in [0.717, 1.165) is 12.5 Å². The summed E-state index contributed by atoms with van der Waals surface area (Å²) in [7, 11) is 0. The van der Waals surface area contributed by atoms with Crippen molar-refractivity contribution < 1.29 is 13.5 Å². The van der Waals surface area contributed by atoms with Crippen LogP contribution >= 0.6 is 0 Å². The molecule has 2 nitrogen and oxygen atoms in total. The molecule has 1 atom stereocenters. The van der Waals surface area contributed by atoms with E-state index in [9.17, 15) is 8.78 Å². The lowest BCUT2D eigenvalue weighted by molar-refractivity contribution is 0.110. The lowest BCUT2D eigenvalue weighted by atomic mass is 10.1. The molecule has 0 bridgehead atoms. The van der Waals surface area contributed by atoms with Crippen LogP contribution in [-0.2, 0) is 4.74 Å². The fourth-order valence-corrected chi connectivity index (χ4v) is 1.42. The number of rotatable bonds is 6. The van der Waals surface area contributed by atoms with Gasteiger partial charge in [0.1, 0.15) is 11.6 Å². The summed E-state index contributed by atoms with van der Waals surface area (Å²) in [6.45, 7) is 5.05. The van der Waals surface area contributed by atoms with Crippen molar-refractivity contribution in [3.05, 3.63) is 35.4 Å². The lowest BCUT2D eigenvalue weighted by Gasteiger charge is -2.14. The Morgan fingerprint density at radius 2 is 2.00 bits per heavy atom. The first-order valence-electron chi connectivity index (χ1n) is 5.79. The van der Waals surface area contributed by atoms with Gasteiger partial charge >= 0.3 is 0 Å². The third-order valence-electron chi connectivity index (χ3n) is 2.50. The highest BCUT2D eigenvalue weighted by molar-refractivity contribution is 5.21. The van der Waals surface area contributed by atoms with Crippen LogP contribution in [0.15, 0.2) is 18.2 Å². The van der Waals surface area contributed by atoms with E-state index >= 15 is 0 Å². The molecule has 0 aliphatic carbocycles. The highest BCUT2D eigenvalue weighted by Crippen LogP contribution is 2.16. The Morgan fingerprint density at radius 1 is 1.29 bits per heavy atom. The van der Waals surface area contributed by atoms with Gasteiger partial charge in [0.05, 0.1) is 12.6 Å². The van der Waals surface area contributed by atoms with Crippen LogP contribution in [0.25, 0.3) is 0 Å². The molecule has 1 rings (SSSR count). The number of nitrogens with two attached hydrogens (primary N) is 1. The van der Waals surface area contributed by atoms with Crippen LogP contribution in [0.3, 0.4) is 0 Å². The van der Waals surface area contributed by atoms with E-state index in [1.54, 1.807) is 0 Å². The number of hydrogen-bond donors (Lipinski definition) is 1. The normalized spacial score (nSPS) is 13.1. The molecular weight excluding hydrogens is 224 g/mol. The van der Waals surface area contributed by atoms with E-state index in [4.69, 9.17) is 10.5 Å². The number of benzene rings is 1. The van der Waals surface area contributed by atoms with Crippen LogP contribution in [0.2, 0.25) is 0 Å². The monoisotopic (exact) mass is 243 g/mol. The molecule has 0 spiro atoms. The highest BCUT2D eigenvalue weighted by atomic mass is 19.1. The average Bonchev–Trinajstić information content (AvgIpc) is 2.23. The van der Waals surface area contributed by atoms with E-state index in [0.29, 0.717) is 12.5 Å². The second-order valence-corrected chi connectivity index (χ2v) is 4.53. The van der Waals surface area contributed by atoms with Gasteiger partial charge in [-0.05, 0) is 18.4 Å². The van der Waals surface area contributed by atoms with Gasteiger partial charge in [-0.3, -0.25) is 0 Å². The molecule has 0 amide bonds. The van der Waals surface area contributed by atoms with Crippen molar-refractivity contribution in [1.29, 1.82) is 0 Å². The summed E-state index contributed by atoms with van der Waals surface area (Å²) in [6, 6.07) is 2.85. The zero-order valence-electron chi connectivity index (χ0n) is 10.2. The molecular formula is C13H19F2NO. The molecule has 0 saturated heterocycles. The fraction of sp³-hybridized carbons (Fsp3) is 0.538. The van der Waals surface area contributed by atoms with Crippen LogP contribution in [0, 0.1) is 17.6 Å². The lowest BCUT2D eigenvalue weighted by Crippen LogP contribution is -2.19. The van der Waals surface area contributed by atoms with Gasteiger partial charge in [0.2, 0.25) is 0 Å². The molecule has 0 radical (unpaired) electrons. The van der Waals surface area contributed by atoms with Crippen molar-refractivity contribution in [2.45, 2.75) is 26.3 Å². The van der Waals surface area contributed by atoms with Crippen molar-refractivity contribution in [3.63, 3.8) is 0 Å². The molecule has 0 aliphatic heterocycles. The Hall–Kier alpha value is -1.00. The topological polar surface area (TPSA) is 35.2 Å². The van der Waals surface area contributed by atoms with Gasteiger partial charge in [0.25, 0.3) is 0 Å². The van der Waals surface area contributed by atoms with E-state index < -0.39 is 17.7 Å². The quantitative estimate of drug-likeness (QED) is 0.779. The van der Waals surface area contributed by atoms with Gasteiger partial charge in [0.15, 0.2) is 0 Å². The average molecular weight is 243 g/mol. The van der Waals surface area contributed by atoms with E-state index in [1.165, 1.54) is 12.1 Å².